The largest absolute Gasteiger partial charge is 0.494 e. The van der Waals surface area contributed by atoms with Gasteiger partial charge in [-0.2, -0.15) is 0 Å². The van der Waals surface area contributed by atoms with Gasteiger partial charge in [0.2, 0.25) is 5.88 Å². The molecule has 0 aliphatic heterocycles. The summed E-state index contributed by atoms with van der Waals surface area (Å²) in [7, 11) is 0. The molecule has 3 N–H and O–H groups in total. The van der Waals surface area contributed by atoms with Crippen LogP contribution in [0, 0.1) is 0 Å². The minimum Gasteiger partial charge on any atom is -0.494 e. The number of carboxylic acid groups (broad SMARTS) is 1. The Balaban J connectivity index is 1.91. The molecular weight excluding hydrogens is 354 g/mol. The highest BCUT2D eigenvalue weighted by Gasteiger charge is 2.15. The molecule has 2 aromatic rings. The maximum Gasteiger partial charge on any atom is 0.328 e. The Morgan fingerprint density at radius 1 is 0.964 bits per heavy atom. The predicted octanol–water partition coefficient (Wildman–Crippen LogP) is 5.67. The van der Waals surface area contributed by atoms with Crippen LogP contribution >= 0.6 is 0 Å². The number of hydrogen-bond donors (Lipinski definition) is 3. The van der Waals surface area contributed by atoms with Crippen LogP contribution in [0.25, 0.3) is 11.8 Å². The Labute approximate surface area is 167 Å². The number of carbonyl (C=O) groups is 1. The zero-order chi connectivity index (χ0) is 20.4. The van der Waals surface area contributed by atoms with Gasteiger partial charge >= 0.3 is 5.97 Å². The fraction of sp³-hybridized carbons (Fsp3) is 0.435. The summed E-state index contributed by atoms with van der Waals surface area (Å²) in [5, 5.41) is 29.4. The van der Waals surface area contributed by atoms with Crippen molar-refractivity contribution >= 4 is 12.0 Å². The van der Waals surface area contributed by atoms with E-state index in [-0.39, 0.29) is 11.8 Å². The van der Waals surface area contributed by atoms with Gasteiger partial charge < -0.3 is 15.3 Å². The standard InChI is InChI=1S/C23H31NO4/c1-2-3-4-5-6-7-8-9-10-19-17-21(25)24(23(19)28)20-14-11-18(12-15-20)13-16-22(26)27/h11-17,25,28H,2-10H2,1H3,(H,26,27). The number of rotatable bonds is 12. The molecule has 0 radical (unpaired) electrons. The third-order valence-corrected chi connectivity index (χ3v) is 4.90. The molecule has 5 nitrogen and oxygen atoms in total. The van der Waals surface area contributed by atoms with E-state index < -0.39 is 5.97 Å². The number of benzene rings is 1. The number of unbranched alkanes of at least 4 members (excludes halogenated alkanes) is 7. The number of carboxylic acids is 1. The summed E-state index contributed by atoms with van der Waals surface area (Å²) in [4.78, 5) is 10.6. The second-order valence-corrected chi connectivity index (χ2v) is 7.17. The maximum atomic E-state index is 10.6. The molecule has 1 aromatic carbocycles. The lowest BCUT2D eigenvalue weighted by Crippen LogP contribution is -1.94. The number of nitrogens with zero attached hydrogens (tertiary/aromatic N) is 1. The van der Waals surface area contributed by atoms with Gasteiger partial charge in [0, 0.05) is 17.7 Å². The Bertz CT molecular complexity index is 775. The molecular formula is C23H31NO4. The normalized spacial score (nSPS) is 11.3. The summed E-state index contributed by atoms with van der Waals surface area (Å²) in [5.41, 5.74) is 2.11. The van der Waals surface area contributed by atoms with E-state index >= 15 is 0 Å². The van der Waals surface area contributed by atoms with Crippen molar-refractivity contribution in [1.29, 1.82) is 0 Å². The van der Waals surface area contributed by atoms with E-state index in [9.17, 15) is 15.0 Å². The third-order valence-electron chi connectivity index (χ3n) is 4.90. The van der Waals surface area contributed by atoms with Crippen LogP contribution < -0.4 is 0 Å². The number of aryl methyl sites for hydroxylation is 1. The molecule has 5 heteroatoms. The lowest BCUT2D eigenvalue weighted by Gasteiger charge is -2.08. The zero-order valence-corrected chi connectivity index (χ0v) is 16.6. The minimum absolute atomic E-state index is 0.000827. The van der Waals surface area contributed by atoms with Gasteiger partial charge in [-0.15, -0.1) is 0 Å². The molecule has 0 fully saturated rings. The van der Waals surface area contributed by atoms with Gasteiger partial charge in [0.25, 0.3) is 0 Å². The number of hydrogen-bond acceptors (Lipinski definition) is 3. The van der Waals surface area contributed by atoms with E-state index in [1.807, 2.05) is 0 Å². The lowest BCUT2D eigenvalue weighted by atomic mass is 10.1. The molecule has 0 bridgehead atoms. The molecule has 28 heavy (non-hydrogen) atoms. The van der Waals surface area contributed by atoms with Crippen LogP contribution in [0.15, 0.2) is 36.4 Å². The Hall–Kier alpha value is -2.69. The Morgan fingerprint density at radius 2 is 1.57 bits per heavy atom. The van der Waals surface area contributed by atoms with Gasteiger partial charge in [0.05, 0.1) is 5.69 Å². The average Bonchev–Trinajstić information content (AvgIpc) is 2.96. The Kier molecular flexibility index (Phi) is 8.66. The van der Waals surface area contributed by atoms with Gasteiger partial charge in [-0.3, -0.25) is 4.57 Å². The third kappa shape index (κ3) is 6.48. The van der Waals surface area contributed by atoms with Crippen molar-refractivity contribution in [2.75, 3.05) is 0 Å². The summed E-state index contributed by atoms with van der Waals surface area (Å²) in [6.45, 7) is 2.22. The van der Waals surface area contributed by atoms with E-state index in [2.05, 4.69) is 6.92 Å². The van der Waals surface area contributed by atoms with Gasteiger partial charge in [0.1, 0.15) is 0 Å². The van der Waals surface area contributed by atoms with E-state index in [1.54, 1.807) is 30.3 Å². The molecule has 0 spiro atoms. The van der Waals surface area contributed by atoms with E-state index in [0.29, 0.717) is 5.69 Å². The first-order chi connectivity index (χ1) is 13.5. The first-order valence-electron chi connectivity index (χ1n) is 10.2. The van der Waals surface area contributed by atoms with Crippen LogP contribution in [0.2, 0.25) is 0 Å². The second-order valence-electron chi connectivity index (χ2n) is 7.17. The zero-order valence-electron chi connectivity index (χ0n) is 16.6. The van der Waals surface area contributed by atoms with Crippen molar-refractivity contribution in [2.45, 2.75) is 64.7 Å². The molecule has 0 saturated heterocycles. The van der Waals surface area contributed by atoms with Crippen molar-refractivity contribution in [3.05, 3.63) is 47.5 Å². The summed E-state index contributed by atoms with van der Waals surface area (Å²) >= 11 is 0. The molecule has 1 heterocycles. The van der Waals surface area contributed by atoms with E-state index in [1.165, 1.54) is 49.2 Å². The maximum absolute atomic E-state index is 10.6. The van der Waals surface area contributed by atoms with Crippen molar-refractivity contribution in [3.63, 3.8) is 0 Å². The van der Waals surface area contributed by atoms with Crippen LogP contribution in [0.5, 0.6) is 11.8 Å². The summed E-state index contributed by atoms with van der Waals surface area (Å²) in [6.07, 6.45) is 13.1. The number of aliphatic carboxylic acids is 1. The smallest absolute Gasteiger partial charge is 0.328 e. The molecule has 152 valence electrons. The molecule has 0 unspecified atom stereocenters. The fourth-order valence-electron chi connectivity index (χ4n) is 3.33. The van der Waals surface area contributed by atoms with Gasteiger partial charge in [0.15, 0.2) is 5.88 Å². The van der Waals surface area contributed by atoms with Gasteiger partial charge in [-0.05, 0) is 36.6 Å². The van der Waals surface area contributed by atoms with Crippen molar-refractivity contribution in [2.24, 2.45) is 0 Å². The van der Waals surface area contributed by atoms with Gasteiger partial charge in [-0.25, -0.2) is 4.79 Å². The highest BCUT2D eigenvalue weighted by atomic mass is 16.4. The SMILES string of the molecule is CCCCCCCCCCc1cc(O)n(-c2ccc(C=CC(=O)O)cc2)c1O. The van der Waals surface area contributed by atoms with Crippen molar-refractivity contribution < 1.29 is 20.1 Å². The second kappa shape index (κ2) is 11.2. The summed E-state index contributed by atoms with van der Waals surface area (Å²) in [6, 6.07) is 8.58. The van der Waals surface area contributed by atoms with Crippen molar-refractivity contribution in [3.8, 4) is 17.4 Å². The fourth-order valence-corrected chi connectivity index (χ4v) is 3.33. The van der Waals surface area contributed by atoms with Crippen LogP contribution in [0.1, 0.15) is 69.4 Å². The topological polar surface area (TPSA) is 82.7 Å². The molecule has 0 saturated carbocycles. The first kappa shape index (κ1) is 21.6. The Morgan fingerprint density at radius 3 is 2.18 bits per heavy atom. The predicted molar refractivity (Wildman–Crippen MR) is 112 cm³/mol. The quantitative estimate of drug-likeness (QED) is 0.325. The van der Waals surface area contributed by atoms with E-state index in [4.69, 9.17) is 5.11 Å². The molecule has 0 amide bonds. The average molecular weight is 386 g/mol. The van der Waals surface area contributed by atoms with Crippen LogP contribution in [-0.2, 0) is 11.2 Å². The van der Waals surface area contributed by atoms with E-state index in [0.717, 1.165) is 36.5 Å². The molecule has 2 rings (SSSR count). The van der Waals surface area contributed by atoms with Crippen molar-refractivity contribution in [1.82, 2.24) is 4.57 Å². The molecule has 0 aliphatic rings. The summed E-state index contributed by atoms with van der Waals surface area (Å²) in [5.74, 6) is -0.939. The number of aromatic hydroxyl groups is 2. The highest BCUT2D eigenvalue weighted by Crippen LogP contribution is 2.32. The molecule has 0 aliphatic carbocycles. The molecule has 1 aromatic heterocycles. The van der Waals surface area contributed by atoms with Gasteiger partial charge in [-0.1, -0.05) is 64.0 Å². The monoisotopic (exact) mass is 385 g/mol. The molecule has 0 atom stereocenters. The van der Waals surface area contributed by atoms with Crippen LogP contribution in [0.3, 0.4) is 0 Å². The minimum atomic E-state index is -1.00. The van der Waals surface area contributed by atoms with Crippen LogP contribution in [0.4, 0.5) is 0 Å². The lowest BCUT2D eigenvalue weighted by molar-refractivity contribution is -0.131. The highest BCUT2D eigenvalue weighted by molar-refractivity contribution is 5.85. The summed E-state index contributed by atoms with van der Waals surface area (Å²) < 4.78 is 1.41. The first-order valence-corrected chi connectivity index (χ1v) is 10.2. The number of aromatic nitrogens is 1. The van der Waals surface area contributed by atoms with Crippen LogP contribution in [-0.4, -0.2) is 25.9 Å².